The van der Waals surface area contributed by atoms with Crippen LogP contribution in [-0.4, -0.2) is 69.2 Å². The number of ether oxygens (including phenoxy) is 2. The minimum atomic E-state index is -1.42. The first-order valence-corrected chi connectivity index (χ1v) is 5.39. The normalized spacial score (nSPS) is 41.7. The monoisotopic (exact) mass is 252 g/mol. The van der Waals surface area contributed by atoms with Gasteiger partial charge in [0.1, 0.15) is 24.4 Å². The summed E-state index contributed by atoms with van der Waals surface area (Å²) in [5.41, 5.74) is 0. The average molecular weight is 252 g/mol. The Morgan fingerprint density at radius 2 is 1.94 bits per heavy atom. The number of aliphatic hydroxyl groups is 4. The molecule has 4 N–H and O–H groups in total. The van der Waals surface area contributed by atoms with E-state index in [9.17, 15) is 15.3 Å². The first-order valence-electron chi connectivity index (χ1n) is 4.92. The molecule has 1 fully saturated rings. The Labute approximate surface area is 98.4 Å². The molecule has 6 nitrogen and oxygen atoms in total. The number of hydrogen-bond donors (Lipinski definition) is 4. The molecule has 6 atom stereocenters. The summed E-state index contributed by atoms with van der Waals surface area (Å²) in [4.78, 5) is 0. The second kappa shape index (κ2) is 5.97. The van der Waals surface area contributed by atoms with Gasteiger partial charge >= 0.3 is 0 Å². The van der Waals surface area contributed by atoms with E-state index in [1.54, 1.807) is 6.92 Å². The van der Waals surface area contributed by atoms with E-state index in [1.807, 2.05) is 0 Å². The summed E-state index contributed by atoms with van der Waals surface area (Å²) in [6.07, 6.45) is -6.70. The largest absolute Gasteiger partial charge is 0.394 e. The summed E-state index contributed by atoms with van der Waals surface area (Å²) in [6.45, 7) is 1.17. The molecule has 0 radical (unpaired) electrons. The topological polar surface area (TPSA) is 99.4 Å². The fraction of sp³-hybridized carbons (Fsp3) is 0.889. The van der Waals surface area contributed by atoms with E-state index in [-0.39, 0.29) is 0 Å². The minimum Gasteiger partial charge on any atom is -0.394 e. The van der Waals surface area contributed by atoms with Crippen LogP contribution in [0, 0.1) is 0 Å². The van der Waals surface area contributed by atoms with Crippen molar-refractivity contribution in [1.29, 1.82) is 0 Å². The Morgan fingerprint density at radius 3 is 2.44 bits per heavy atom. The fourth-order valence-electron chi connectivity index (χ4n) is 1.42. The second-order valence-corrected chi connectivity index (χ2v) is 3.95. The Morgan fingerprint density at radius 1 is 1.31 bits per heavy atom. The van der Waals surface area contributed by atoms with E-state index in [2.05, 4.69) is 12.2 Å². The molecule has 0 aliphatic carbocycles. The van der Waals surface area contributed by atoms with Crippen molar-refractivity contribution in [2.45, 2.75) is 43.7 Å². The van der Waals surface area contributed by atoms with Gasteiger partial charge in [0, 0.05) is 5.37 Å². The van der Waals surface area contributed by atoms with E-state index in [1.165, 1.54) is 5.37 Å². The number of aliphatic hydroxyl groups excluding tert-OH is 4. The summed E-state index contributed by atoms with van der Waals surface area (Å²) in [5, 5.41) is 38.8. The number of thiocarbonyl (C=S) groups is 1. The summed E-state index contributed by atoms with van der Waals surface area (Å²) >= 11 is 4.64. The molecular formula is C9H16O6S. The van der Waals surface area contributed by atoms with Gasteiger partial charge in [-0.1, -0.05) is 12.2 Å². The summed E-state index contributed by atoms with van der Waals surface area (Å²) in [6, 6.07) is 0. The van der Waals surface area contributed by atoms with Gasteiger partial charge in [-0.25, -0.2) is 0 Å². The third-order valence-corrected chi connectivity index (χ3v) is 2.77. The highest BCUT2D eigenvalue weighted by molar-refractivity contribution is 7.79. The van der Waals surface area contributed by atoms with Gasteiger partial charge in [-0.2, -0.15) is 0 Å². The van der Waals surface area contributed by atoms with Crippen molar-refractivity contribution >= 4 is 17.6 Å². The quantitative estimate of drug-likeness (QED) is 0.438. The molecule has 0 aromatic rings. The van der Waals surface area contributed by atoms with E-state index >= 15 is 0 Å². The number of rotatable bonds is 4. The standard InChI is InChI=1S/C9H16O6S/c1-4(3-16)14-9-8(13)7(12)6(11)5(2-10)15-9/h3-13H,2H2,1H3/t4?,5-,6+,7+,8-,9-/m1/s1. The lowest BCUT2D eigenvalue weighted by atomic mass is 9.99. The van der Waals surface area contributed by atoms with Crippen molar-refractivity contribution in [2.75, 3.05) is 6.61 Å². The highest BCUT2D eigenvalue weighted by Gasteiger charge is 2.44. The number of hydrogen-bond acceptors (Lipinski definition) is 7. The highest BCUT2D eigenvalue weighted by atomic mass is 32.1. The third-order valence-electron chi connectivity index (χ3n) is 2.39. The van der Waals surface area contributed by atoms with E-state index in [0.29, 0.717) is 0 Å². The zero-order chi connectivity index (χ0) is 12.3. The van der Waals surface area contributed by atoms with Crippen LogP contribution in [0.4, 0.5) is 0 Å². The molecule has 1 unspecified atom stereocenters. The van der Waals surface area contributed by atoms with Crippen LogP contribution in [0.2, 0.25) is 0 Å². The first kappa shape index (κ1) is 13.9. The highest BCUT2D eigenvalue weighted by Crippen LogP contribution is 2.22. The van der Waals surface area contributed by atoms with Crippen LogP contribution in [0.25, 0.3) is 0 Å². The Hall–Kier alpha value is -0.150. The van der Waals surface area contributed by atoms with Crippen LogP contribution in [0.15, 0.2) is 0 Å². The molecule has 1 saturated heterocycles. The molecule has 0 aromatic carbocycles. The molecule has 0 amide bonds. The van der Waals surface area contributed by atoms with Gasteiger partial charge < -0.3 is 29.9 Å². The maximum absolute atomic E-state index is 9.58. The molecule has 7 heteroatoms. The molecule has 0 bridgehead atoms. The molecule has 0 spiro atoms. The van der Waals surface area contributed by atoms with E-state index in [4.69, 9.17) is 14.6 Å². The summed E-state index contributed by atoms with van der Waals surface area (Å²) < 4.78 is 10.3. The van der Waals surface area contributed by atoms with Gasteiger partial charge in [0.2, 0.25) is 0 Å². The van der Waals surface area contributed by atoms with Crippen LogP contribution in [0.1, 0.15) is 6.92 Å². The minimum absolute atomic E-state index is 0.448. The lowest BCUT2D eigenvalue weighted by Gasteiger charge is -2.40. The summed E-state index contributed by atoms with van der Waals surface area (Å²) in [7, 11) is 0. The molecule has 0 saturated carbocycles. The van der Waals surface area contributed by atoms with Crippen LogP contribution in [0.3, 0.4) is 0 Å². The molecule has 16 heavy (non-hydrogen) atoms. The van der Waals surface area contributed by atoms with Crippen molar-refractivity contribution < 1.29 is 29.9 Å². The maximum atomic E-state index is 9.58. The third kappa shape index (κ3) is 2.95. The van der Waals surface area contributed by atoms with Gasteiger partial charge in [0.15, 0.2) is 6.29 Å². The predicted octanol–water partition coefficient (Wildman–Crippen LogP) is -1.81. The van der Waals surface area contributed by atoms with Crippen molar-refractivity contribution in [3.63, 3.8) is 0 Å². The molecule has 1 aliphatic heterocycles. The first-order chi connectivity index (χ1) is 7.51. The molecule has 1 aliphatic rings. The molecule has 0 aromatic heterocycles. The van der Waals surface area contributed by atoms with Crippen molar-refractivity contribution in [1.82, 2.24) is 0 Å². The van der Waals surface area contributed by atoms with Gasteiger partial charge in [0.25, 0.3) is 0 Å². The fourth-order valence-corrected chi connectivity index (χ4v) is 1.49. The lowest BCUT2D eigenvalue weighted by Crippen LogP contribution is -2.59. The maximum Gasteiger partial charge on any atom is 0.187 e. The molecule has 1 heterocycles. The van der Waals surface area contributed by atoms with Crippen LogP contribution in [0.5, 0.6) is 0 Å². The lowest BCUT2D eigenvalue weighted by molar-refractivity contribution is -0.304. The average Bonchev–Trinajstić information content (AvgIpc) is 2.29. The molecule has 1 rings (SSSR count). The van der Waals surface area contributed by atoms with Crippen molar-refractivity contribution in [2.24, 2.45) is 0 Å². The van der Waals surface area contributed by atoms with Crippen LogP contribution in [-0.2, 0) is 9.47 Å². The summed E-state index contributed by atoms with van der Waals surface area (Å²) in [5.74, 6) is 0. The Balaban J connectivity index is 2.66. The molecule has 94 valence electrons. The van der Waals surface area contributed by atoms with Crippen molar-refractivity contribution in [3.05, 3.63) is 0 Å². The van der Waals surface area contributed by atoms with Crippen LogP contribution >= 0.6 is 12.2 Å². The van der Waals surface area contributed by atoms with Crippen LogP contribution < -0.4 is 0 Å². The second-order valence-electron chi connectivity index (χ2n) is 3.67. The van der Waals surface area contributed by atoms with Crippen molar-refractivity contribution in [3.8, 4) is 0 Å². The Kier molecular flexibility index (Phi) is 5.19. The molecular weight excluding hydrogens is 236 g/mol. The zero-order valence-corrected chi connectivity index (χ0v) is 9.58. The van der Waals surface area contributed by atoms with E-state index in [0.717, 1.165) is 0 Å². The van der Waals surface area contributed by atoms with Gasteiger partial charge in [-0.3, -0.25) is 0 Å². The van der Waals surface area contributed by atoms with Gasteiger partial charge in [0.05, 0.1) is 12.7 Å². The zero-order valence-electron chi connectivity index (χ0n) is 8.76. The predicted molar refractivity (Wildman–Crippen MR) is 58.0 cm³/mol. The smallest absolute Gasteiger partial charge is 0.187 e. The van der Waals surface area contributed by atoms with Gasteiger partial charge in [-0.15, -0.1) is 0 Å². The van der Waals surface area contributed by atoms with Gasteiger partial charge in [-0.05, 0) is 6.92 Å². The SMILES string of the molecule is CC(C=S)O[C@@H]1O[C@H](CO)[C@H](O)[C@H](O)[C@H]1O. The van der Waals surface area contributed by atoms with E-state index < -0.39 is 43.4 Å². The Bertz CT molecular complexity index is 236.